The highest BCUT2D eigenvalue weighted by molar-refractivity contribution is 5.77. The van der Waals surface area contributed by atoms with Crippen LogP contribution >= 0.6 is 0 Å². The van der Waals surface area contributed by atoms with Gasteiger partial charge in [-0.1, -0.05) is 12.1 Å². The van der Waals surface area contributed by atoms with Crippen molar-refractivity contribution in [2.24, 2.45) is 7.05 Å². The number of aryl methyl sites for hydroxylation is 1. The molecule has 1 N–H and O–H groups in total. The van der Waals surface area contributed by atoms with E-state index in [1.807, 2.05) is 19.2 Å². The first-order chi connectivity index (χ1) is 12.1. The summed E-state index contributed by atoms with van der Waals surface area (Å²) in [5.41, 5.74) is 2.69. The van der Waals surface area contributed by atoms with Gasteiger partial charge in [0.2, 0.25) is 0 Å². The molecule has 128 valence electrons. The molecule has 2 aromatic heterocycles. The second-order valence-electron chi connectivity index (χ2n) is 5.42. The van der Waals surface area contributed by atoms with E-state index in [4.69, 9.17) is 4.74 Å². The van der Waals surface area contributed by atoms with Crippen molar-refractivity contribution in [1.29, 1.82) is 0 Å². The van der Waals surface area contributed by atoms with Crippen LogP contribution in [0.25, 0.3) is 11.3 Å². The fourth-order valence-electron chi connectivity index (χ4n) is 2.34. The monoisotopic (exact) mass is 340 g/mol. The number of nitrogens with zero attached hydrogens (tertiary/aromatic N) is 3. The Morgan fingerprint density at radius 2 is 2.12 bits per heavy atom. The predicted octanol–water partition coefficient (Wildman–Crippen LogP) is 2.32. The summed E-state index contributed by atoms with van der Waals surface area (Å²) in [7, 11) is 1.85. The number of hydrogen-bond donors (Lipinski definition) is 1. The largest absolute Gasteiger partial charge is 0.481 e. The molecule has 0 bridgehead atoms. The Balaban J connectivity index is 1.56. The van der Waals surface area contributed by atoms with Crippen LogP contribution in [0.15, 0.2) is 55.0 Å². The highest BCUT2D eigenvalue weighted by Crippen LogP contribution is 2.18. The Morgan fingerprint density at radius 3 is 2.88 bits per heavy atom. The summed E-state index contributed by atoms with van der Waals surface area (Å²) in [5.74, 6) is -0.782. The lowest BCUT2D eigenvalue weighted by Crippen LogP contribution is -2.28. The standard InChI is InChI=1S/C18H17FN4O2/c1-23-16(6-7-22-23)14-8-13(9-20-11-14)10-21-18(24)12-25-17-5-3-2-4-15(17)19/h2-9,11H,10,12H2,1H3,(H,21,24). The third-order valence-corrected chi connectivity index (χ3v) is 3.60. The van der Waals surface area contributed by atoms with E-state index < -0.39 is 5.82 Å². The molecule has 0 aliphatic rings. The third-order valence-electron chi connectivity index (χ3n) is 3.60. The number of ether oxygens (including phenoxy) is 1. The number of nitrogens with one attached hydrogen (secondary N) is 1. The molecular weight excluding hydrogens is 323 g/mol. The summed E-state index contributed by atoms with van der Waals surface area (Å²) in [6, 6.07) is 9.78. The summed E-state index contributed by atoms with van der Waals surface area (Å²) in [6.45, 7) is 0.0495. The van der Waals surface area contributed by atoms with Crippen LogP contribution in [0.3, 0.4) is 0 Å². The number of halogens is 1. The van der Waals surface area contributed by atoms with Gasteiger partial charge < -0.3 is 10.1 Å². The van der Waals surface area contributed by atoms with Crippen molar-refractivity contribution >= 4 is 5.91 Å². The van der Waals surface area contributed by atoms with Crippen LogP contribution in [0, 0.1) is 5.82 Å². The summed E-state index contributed by atoms with van der Waals surface area (Å²) in [5, 5.41) is 6.86. The van der Waals surface area contributed by atoms with Gasteiger partial charge in [-0.25, -0.2) is 4.39 Å². The van der Waals surface area contributed by atoms with Crippen molar-refractivity contribution in [2.45, 2.75) is 6.54 Å². The summed E-state index contributed by atoms with van der Waals surface area (Å²) in [6.07, 6.45) is 5.13. The molecule has 0 saturated heterocycles. The van der Waals surface area contributed by atoms with Gasteiger partial charge in [-0.3, -0.25) is 14.5 Å². The van der Waals surface area contributed by atoms with Crippen LogP contribution in [-0.4, -0.2) is 27.3 Å². The van der Waals surface area contributed by atoms with Crippen molar-refractivity contribution in [3.05, 3.63) is 66.4 Å². The quantitative estimate of drug-likeness (QED) is 0.748. The molecule has 3 rings (SSSR count). The number of amides is 1. The first-order valence-electron chi connectivity index (χ1n) is 7.70. The van der Waals surface area contributed by atoms with Gasteiger partial charge in [-0.2, -0.15) is 5.10 Å². The lowest BCUT2D eigenvalue weighted by molar-refractivity contribution is -0.123. The van der Waals surface area contributed by atoms with Crippen LogP contribution in [-0.2, 0) is 18.4 Å². The normalized spacial score (nSPS) is 10.5. The van der Waals surface area contributed by atoms with Gasteiger partial charge >= 0.3 is 0 Å². The molecule has 0 aliphatic carbocycles. The molecule has 0 fully saturated rings. The highest BCUT2D eigenvalue weighted by atomic mass is 19.1. The van der Waals surface area contributed by atoms with E-state index in [2.05, 4.69) is 15.4 Å². The van der Waals surface area contributed by atoms with Gasteiger partial charge in [-0.15, -0.1) is 0 Å². The van der Waals surface area contributed by atoms with Crippen LogP contribution in [0.1, 0.15) is 5.56 Å². The first-order valence-corrected chi connectivity index (χ1v) is 7.70. The van der Waals surface area contributed by atoms with Gasteiger partial charge in [0, 0.05) is 37.7 Å². The van der Waals surface area contributed by atoms with Crippen LogP contribution in [0.2, 0.25) is 0 Å². The van der Waals surface area contributed by atoms with E-state index in [-0.39, 0.29) is 18.3 Å². The minimum atomic E-state index is -0.497. The summed E-state index contributed by atoms with van der Waals surface area (Å²) >= 11 is 0. The minimum absolute atomic E-state index is 0.0533. The number of benzene rings is 1. The molecule has 0 atom stereocenters. The Labute approximate surface area is 144 Å². The predicted molar refractivity (Wildman–Crippen MR) is 90.2 cm³/mol. The van der Waals surface area contributed by atoms with Crippen LogP contribution < -0.4 is 10.1 Å². The average molecular weight is 340 g/mol. The maximum atomic E-state index is 13.4. The Morgan fingerprint density at radius 1 is 1.28 bits per heavy atom. The van der Waals surface area contributed by atoms with Crippen molar-refractivity contribution in [3.63, 3.8) is 0 Å². The average Bonchev–Trinajstić information content (AvgIpc) is 3.05. The van der Waals surface area contributed by atoms with Gasteiger partial charge in [0.05, 0.1) is 5.69 Å². The Hall–Kier alpha value is -3.22. The smallest absolute Gasteiger partial charge is 0.258 e. The fourth-order valence-corrected chi connectivity index (χ4v) is 2.34. The zero-order valence-electron chi connectivity index (χ0n) is 13.6. The second kappa shape index (κ2) is 7.57. The molecule has 7 heteroatoms. The van der Waals surface area contributed by atoms with Gasteiger partial charge in [0.15, 0.2) is 18.2 Å². The van der Waals surface area contributed by atoms with Gasteiger partial charge in [0.25, 0.3) is 5.91 Å². The van der Waals surface area contributed by atoms with Crippen molar-refractivity contribution in [2.75, 3.05) is 6.61 Å². The fraction of sp³-hybridized carbons (Fsp3) is 0.167. The summed E-state index contributed by atoms with van der Waals surface area (Å²) < 4.78 is 20.4. The molecule has 1 amide bonds. The lowest BCUT2D eigenvalue weighted by atomic mass is 10.1. The maximum absolute atomic E-state index is 13.4. The highest BCUT2D eigenvalue weighted by Gasteiger charge is 2.08. The number of rotatable bonds is 6. The molecule has 0 radical (unpaired) electrons. The molecule has 2 heterocycles. The van der Waals surface area contributed by atoms with E-state index in [0.717, 1.165) is 16.8 Å². The van der Waals surface area contributed by atoms with Crippen LogP contribution in [0.4, 0.5) is 4.39 Å². The van der Waals surface area contributed by atoms with E-state index in [1.165, 1.54) is 12.1 Å². The molecule has 0 spiro atoms. The zero-order valence-corrected chi connectivity index (χ0v) is 13.6. The molecule has 0 saturated carbocycles. The number of hydrogen-bond acceptors (Lipinski definition) is 4. The molecule has 0 unspecified atom stereocenters. The number of carbonyl (C=O) groups is 1. The van der Waals surface area contributed by atoms with Gasteiger partial charge in [-0.05, 0) is 29.8 Å². The number of para-hydroxylation sites is 1. The van der Waals surface area contributed by atoms with Crippen molar-refractivity contribution in [3.8, 4) is 17.0 Å². The number of pyridine rings is 1. The van der Waals surface area contributed by atoms with Crippen molar-refractivity contribution in [1.82, 2.24) is 20.1 Å². The molecule has 6 nitrogen and oxygen atoms in total. The molecule has 0 aliphatic heterocycles. The van der Waals surface area contributed by atoms with Gasteiger partial charge in [0.1, 0.15) is 0 Å². The Kier molecular flexibility index (Phi) is 5.03. The zero-order chi connectivity index (χ0) is 17.6. The Bertz CT molecular complexity index is 879. The van der Waals surface area contributed by atoms with Crippen LogP contribution in [0.5, 0.6) is 5.75 Å². The lowest BCUT2D eigenvalue weighted by Gasteiger charge is -2.09. The van der Waals surface area contributed by atoms with E-state index >= 15 is 0 Å². The third kappa shape index (κ3) is 4.20. The topological polar surface area (TPSA) is 69.0 Å². The minimum Gasteiger partial charge on any atom is -0.481 e. The van der Waals surface area contributed by atoms with E-state index in [9.17, 15) is 9.18 Å². The molecule has 1 aromatic carbocycles. The van der Waals surface area contributed by atoms with E-state index in [1.54, 1.807) is 35.4 Å². The SMILES string of the molecule is Cn1nccc1-c1cncc(CNC(=O)COc2ccccc2F)c1. The second-order valence-corrected chi connectivity index (χ2v) is 5.42. The number of aromatic nitrogens is 3. The summed E-state index contributed by atoms with van der Waals surface area (Å²) in [4.78, 5) is 16.1. The van der Waals surface area contributed by atoms with E-state index in [0.29, 0.717) is 6.54 Å². The number of carbonyl (C=O) groups excluding carboxylic acids is 1. The first kappa shape index (κ1) is 16.6. The molecular formula is C18H17FN4O2. The molecule has 3 aromatic rings. The maximum Gasteiger partial charge on any atom is 0.258 e. The van der Waals surface area contributed by atoms with Crippen molar-refractivity contribution < 1.29 is 13.9 Å². The molecule has 25 heavy (non-hydrogen) atoms.